The zero-order valence-corrected chi connectivity index (χ0v) is 22.5. The molecule has 4 aromatic carbocycles. The number of aryl methyl sites for hydroxylation is 1. The predicted octanol–water partition coefficient (Wildman–Crippen LogP) is 7.42. The van der Waals surface area contributed by atoms with Gasteiger partial charge in [0.15, 0.2) is 0 Å². The van der Waals surface area contributed by atoms with Crippen LogP contribution in [0.5, 0.6) is 0 Å². The Morgan fingerprint density at radius 1 is 0.769 bits per heavy atom. The van der Waals surface area contributed by atoms with E-state index in [4.69, 9.17) is 4.74 Å². The molecule has 5 rings (SSSR count). The quantitative estimate of drug-likeness (QED) is 0.145. The van der Waals surface area contributed by atoms with Crippen molar-refractivity contribution in [3.05, 3.63) is 156 Å². The molecule has 0 radical (unpaired) electrons. The summed E-state index contributed by atoms with van der Waals surface area (Å²) < 4.78 is 7.12. The lowest BCUT2D eigenvalue weighted by Crippen LogP contribution is -2.41. The number of benzene rings is 4. The number of hydrogen-bond donors (Lipinski definition) is 0. The van der Waals surface area contributed by atoms with Gasteiger partial charge in [-0.2, -0.15) is 0 Å². The number of nitrogens with zero attached hydrogens (tertiary/aromatic N) is 1. The molecule has 39 heavy (non-hydrogen) atoms. The number of ether oxygens (including phenoxy) is 1. The number of rotatable bonds is 12. The Bertz CT molecular complexity index is 1230. The van der Waals surface area contributed by atoms with E-state index in [9.17, 15) is 4.79 Å². The van der Waals surface area contributed by atoms with Crippen molar-refractivity contribution in [3.8, 4) is 0 Å². The van der Waals surface area contributed by atoms with Crippen molar-refractivity contribution in [2.24, 2.45) is 5.92 Å². The first-order valence-electron chi connectivity index (χ1n) is 14.0. The Kier molecular flexibility index (Phi) is 8.70. The van der Waals surface area contributed by atoms with E-state index in [0.717, 1.165) is 42.5 Å². The lowest BCUT2D eigenvalue weighted by molar-refractivity contribution is -0.133. The summed E-state index contributed by atoms with van der Waals surface area (Å²) in [5.41, 5.74) is 3.73. The molecular weight excluding hydrogens is 478 g/mol. The van der Waals surface area contributed by atoms with Crippen LogP contribution in [0.2, 0.25) is 0 Å². The van der Waals surface area contributed by atoms with Crippen LogP contribution in [0.3, 0.4) is 0 Å². The van der Waals surface area contributed by atoms with Crippen molar-refractivity contribution in [2.45, 2.75) is 37.3 Å². The second-order valence-corrected chi connectivity index (χ2v) is 10.3. The smallest absolute Gasteiger partial charge is 0.226 e. The zero-order valence-electron chi connectivity index (χ0n) is 22.5. The van der Waals surface area contributed by atoms with Crippen molar-refractivity contribution in [1.29, 1.82) is 0 Å². The van der Waals surface area contributed by atoms with Gasteiger partial charge < -0.3 is 9.64 Å². The van der Waals surface area contributed by atoms with Crippen molar-refractivity contribution >= 4 is 5.91 Å². The van der Waals surface area contributed by atoms with Crippen molar-refractivity contribution in [1.82, 2.24) is 4.90 Å². The van der Waals surface area contributed by atoms with Gasteiger partial charge in [0.05, 0.1) is 12.6 Å². The molecular formula is C36H37NO2. The molecule has 0 unspecified atom stereocenters. The van der Waals surface area contributed by atoms with Crippen LogP contribution >= 0.6 is 0 Å². The van der Waals surface area contributed by atoms with Gasteiger partial charge in [0, 0.05) is 12.5 Å². The Balaban J connectivity index is 1.45. The highest BCUT2D eigenvalue weighted by Gasteiger charge is 2.42. The van der Waals surface area contributed by atoms with E-state index in [1.807, 2.05) is 30.3 Å². The highest BCUT2D eigenvalue weighted by atomic mass is 16.5. The fourth-order valence-electron chi connectivity index (χ4n) is 5.91. The van der Waals surface area contributed by atoms with Crippen LogP contribution < -0.4 is 0 Å². The topological polar surface area (TPSA) is 29.5 Å². The molecule has 3 nitrogen and oxygen atoms in total. The second-order valence-electron chi connectivity index (χ2n) is 10.3. The molecule has 0 aromatic heterocycles. The molecule has 198 valence electrons. The molecule has 0 spiro atoms. The average molecular weight is 516 g/mol. The largest absolute Gasteiger partial charge is 0.359 e. The van der Waals surface area contributed by atoms with Gasteiger partial charge in [-0.05, 0) is 47.9 Å². The summed E-state index contributed by atoms with van der Waals surface area (Å²) in [6, 6.07) is 41.8. The summed E-state index contributed by atoms with van der Waals surface area (Å²) in [4.78, 5) is 15.6. The number of amides is 1. The third-order valence-corrected chi connectivity index (χ3v) is 7.82. The number of allylic oxidation sites excluding steroid dienone is 1. The number of likely N-dealkylation sites (tertiary alicyclic amines) is 1. The van der Waals surface area contributed by atoms with Crippen LogP contribution in [0.4, 0.5) is 0 Å². The summed E-state index contributed by atoms with van der Waals surface area (Å²) in [5, 5.41) is 0. The van der Waals surface area contributed by atoms with Gasteiger partial charge >= 0.3 is 0 Å². The van der Waals surface area contributed by atoms with Crippen LogP contribution in [0.1, 0.15) is 41.5 Å². The normalized spacial score (nSPS) is 17.3. The molecule has 1 aliphatic heterocycles. The standard InChI is InChI=1S/C36H37NO2/c1-2-16-30-27-34(37(35(30)38)26-15-19-29-17-7-3-8-18-29)28-39-36(31-20-9-4-10-21-31,32-22-11-5-12-23-32)33-24-13-6-14-25-33/h2-14,17-18,20-25,30,34H,1,15-16,19,26-28H2/t30-,34+/m1/s1. The first kappa shape index (κ1) is 26.6. The lowest BCUT2D eigenvalue weighted by Gasteiger charge is -2.38. The maximum atomic E-state index is 13.5. The molecule has 1 aliphatic rings. The summed E-state index contributed by atoms with van der Waals surface area (Å²) in [7, 11) is 0. The Labute approximate surface area is 232 Å². The predicted molar refractivity (Wildman–Crippen MR) is 158 cm³/mol. The Morgan fingerprint density at radius 2 is 1.26 bits per heavy atom. The van der Waals surface area contributed by atoms with E-state index in [1.165, 1.54) is 5.56 Å². The van der Waals surface area contributed by atoms with Gasteiger partial charge in [0.1, 0.15) is 5.60 Å². The van der Waals surface area contributed by atoms with Crippen LogP contribution in [0.25, 0.3) is 0 Å². The lowest BCUT2D eigenvalue weighted by atomic mass is 9.80. The molecule has 4 aromatic rings. The average Bonchev–Trinajstić information content (AvgIpc) is 3.29. The van der Waals surface area contributed by atoms with Crippen LogP contribution in [0.15, 0.2) is 134 Å². The van der Waals surface area contributed by atoms with Gasteiger partial charge in [0.25, 0.3) is 0 Å². The van der Waals surface area contributed by atoms with Gasteiger partial charge in [-0.1, -0.05) is 127 Å². The maximum Gasteiger partial charge on any atom is 0.226 e. The maximum absolute atomic E-state index is 13.5. The van der Waals surface area contributed by atoms with Gasteiger partial charge in [-0.15, -0.1) is 6.58 Å². The number of carbonyl (C=O) groups is 1. The van der Waals surface area contributed by atoms with Gasteiger partial charge in [0.2, 0.25) is 5.91 Å². The van der Waals surface area contributed by atoms with Gasteiger partial charge in [-0.25, -0.2) is 0 Å². The van der Waals surface area contributed by atoms with E-state index in [-0.39, 0.29) is 17.9 Å². The molecule has 1 fully saturated rings. The van der Waals surface area contributed by atoms with E-state index in [1.54, 1.807) is 0 Å². The van der Waals surface area contributed by atoms with E-state index in [0.29, 0.717) is 13.0 Å². The second kappa shape index (κ2) is 12.7. The molecule has 0 bridgehead atoms. The number of carbonyl (C=O) groups excluding carboxylic acids is 1. The van der Waals surface area contributed by atoms with Crippen LogP contribution in [-0.4, -0.2) is 30.0 Å². The summed E-state index contributed by atoms with van der Waals surface area (Å²) in [6.07, 6.45) is 5.23. The van der Waals surface area contributed by atoms with Crippen molar-refractivity contribution < 1.29 is 9.53 Å². The molecule has 0 aliphatic carbocycles. The Morgan fingerprint density at radius 3 is 1.74 bits per heavy atom. The SMILES string of the molecule is C=CC[C@@H]1C[C@@H](COC(c2ccccc2)(c2ccccc2)c2ccccc2)N(CCCc2ccccc2)C1=O. The minimum atomic E-state index is -0.793. The third kappa shape index (κ3) is 5.89. The van der Waals surface area contributed by atoms with E-state index >= 15 is 0 Å². The third-order valence-electron chi connectivity index (χ3n) is 7.82. The van der Waals surface area contributed by atoms with Crippen LogP contribution in [-0.2, 0) is 21.6 Å². The highest BCUT2D eigenvalue weighted by molar-refractivity contribution is 5.81. The van der Waals surface area contributed by atoms with Gasteiger partial charge in [-0.3, -0.25) is 4.79 Å². The van der Waals surface area contributed by atoms with Crippen LogP contribution in [0, 0.1) is 5.92 Å². The fourth-order valence-corrected chi connectivity index (χ4v) is 5.91. The minimum Gasteiger partial charge on any atom is -0.359 e. The summed E-state index contributed by atoms with van der Waals surface area (Å²) in [6.45, 7) is 5.09. The first-order valence-corrected chi connectivity index (χ1v) is 14.0. The van der Waals surface area contributed by atoms with E-state index in [2.05, 4.69) is 109 Å². The van der Waals surface area contributed by atoms with Crippen molar-refractivity contribution in [3.63, 3.8) is 0 Å². The monoisotopic (exact) mass is 515 g/mol. The molecule has 3 heteroatoms. The molecule has 0 saturated carbocycles. The summed E-state index contributed by atoms with van der Waals surface area (Å²) >= 11 is 0. The van der Waals surface area contributed by atoms with Crippen molar-refractivity contribution in [2.75, 3.05) is 13.2 Å². The number of hydrogen-bond acceptors (Lipinski definition) is 2. The molecule has 0 N–H and O–H groups in total. The Hall–Kier alpha value is -3.95. The van der Waals surface area contributed by atoms with E-state index < -0.39 is 5.60 Å². The zero-order chi connectivity index (χ0) is 26.9. The summed E-state index contributed by atoms with van der Waals surface area (Å²) in [5.74, 6) is 0.189. The molecule has 1 amide bonds. The highest BCUT2D eigenvalue weighted by Crippen LogP contribution is 2.41. The molecule has 1 heterocycles. The molecule has 1 saturated heterocycles. The minimum absolute atomic E-state index is 0.00809. The molecule has 2 atom stereocenters. The fraction of sp³-hybridized carbons (Fsp3) is 0.250. The first-order chi connectivity index (χ1) is 19.2.